The first-order valence-corrected chi connectivity index (χ1v) is 12.7. The third-order valence-corrected chi connectivity index (χ3v) is 7.08. The summed E-state index contributed by atoms with van der Waals surface area (Å²) in [6, 6.07) is 10.3. The molecule has 0 spiro atoms. The zero-order chi connectivity index (χ0) is 27.6. The van der Waals surface area contributed by atoms with Crippen LogP contribution < -0.4 is 22.2 Å². The summed E-state index contributed by atoms with van der Waals surface area (Å²) < 4.78 is 27.4. The van der Waals surface area contributed by atoms with Crippen molar-refractivity contribution in [2.24, 2.45) is 17.5 Å². The molecular formula is C27H31ClF2N8. The molecule has 1 saturated carbocycles. The normalized spacial score (nSPS) is 15.4. The fourth-order valence-corrected chi connectivity index (χ4v) is 4.59. The third kappa shape index (κ3) is 5.44. The van der Waals surface area contributed by atoms with E-state index in [9.17, 15) is 14.0 Å². The molecule has 200 valence electrons. The molecule has 1 aliphatic rings. The summed E-state index contributed by atoms with van der Waals surface area (Å²) in [7, 11) is 0. The van der Waals surface area contributed by atoms with Crippen LogP contribution >= 0.6 is 11.6 Å². The van der Waals surface area contributed by atoms with Gasteiger partial charge in [-0.1, -0.05) is 37.6 Å². The van der Waals surface area contributed by atoms with Gasteiger partial charge in [-0.15, -0.1) is 0 Å². The van der Waals surface area contributed by atoms with Gasteiger partial charge >= 0.3 is 0 Å². The lowest BCUT2D eigenvalue weighted by Gasteiger charge is -2.29. The summed E-state index contributed by atoms with van der Waals surface area (Å²) in [6.45, 7) is 6.70. The minimum absolute atomic E-state index is 0.205. The van der Waals surface area contributed by atoms with Gasteiger partial charge in [0, 0.05) is 23.8 Å². The van der Waals surface area contributed by atoms with Gasteiger partial charge < -0.3 is 21.4 Å². The second-order valence-corrected chi connectivity index (χ2v) is 10.4. The van der Waals surface area contributed by atoms with E-state index in [0.717, 1.165) is 5.01 Å². The van der Waals surface area contributed by atoms with Gasteiger partial charge in [0.2, 0.25) is 0 Å². The molecule has 3 aromatic rings. The molecule has 11 heteroatoms. The van der Waals surface area contributed by atoms with Crippen molar-refractivity contribution in [3.63, 3.8) is 0 Å². The van der Waals surface area contributed by atoms with Gasteiger partial charge in [0.1, 0.15) is 17.7 Å². The molecule has 0 radical (unpaired) electrons. The zero-order valence-corrected chi connectivity index (χ0v) is 22.2. The number of fused-ring (bicyclic) bond motifs is 1. The van der Waals surface area contributed by atoms with Crippen molar-refractivity contribution < 1.29 is 8.78 Å². The van der Waals surface area contributed by atoms with Crippen LogP contribution in [0.2, 0.25) is 5.02 Å². The molecule has 1 aromatic heterocycles. The van der Waals surface area contributed by atoms with Crippen LogP contribution in [0.15, 0.2) is 48.6 Å². The number of nitriles is 1. The number of nitrogens with two attached hydrogens (primary N) is 2. The number of hydrogen-bond donors (Lipinski definition) is 4. The average molecular weight is 541 g/mol. The highest BCUT2D eigenvalue weighted by Gasteiger charge is 2.54. The van der Waals surface area contributed by atoms with Crippen LogP contribution in [0.3, 0.4) is 0 Å². The Bertz CT molecular complexity index is 1400. The summed E-state index contributed by atoms with van der Waals surface area (Å²) in [5.41, 5.74) is 8.38. The lowest BCUT2D eigenvalue weighted by Crippen LogP contribution is -2.44. The molecule has 8 nitrogen and oxygen atoms in total. The van der Waals surface area contributed by atoms with E-state index in [0.29, 0.717) is 56.6 Å². The molecule has 1 unspecified atom stereocenters. The molecule has 1 aliphatic carbocycles. The van der Waals surface area contributed by atoms with Crippen molar-refractivity contribution in [1.29, 1.82) is 5.26 Å². The number of nitrogens with zero attached hydrogens (tertiary/aromatic N) is 4. The molecule has 1 atom stereocenters. The standard InChI is InChI=1S/C27H31ClF2N8/c1-15(2)12-34-25-20-9-18(10-21(28)23(20)35-14-36-25)37-24(19-6-4-5-17(11-31)16(19)3)22(32)13-38(33)27(7-8-27)26(29)30/h4-6,9-10,13-15,24,26,37H,7-8,12,32-33H2,1-3H3,(H,34,35,36)/b22-13-. The van der Waals surface area contributed by atoms with Crippen LogP contribution in [0.5, 0.6) is 0 Å². The summed E-state index contributed by atoms with van der Waals surface area (Å²) in [6.07, 6.45) is 0.743. The van der Waals surface area contributed by atoms with Gasteiger partial charge in [0.05, 0.1) is 33.9 Å². The van der Waals surface area contributed by atoms with Gasteiger partial charge in [0.25, 0.3) is 6.43 Å². The number of alkyl halides is 2. The number of nitrogens with one attached hydrogen (secondary N) is 2. The first kappa shape index (κ1) is 27.4. The molecule has 0 saturated heterocycles. The van der Waals surface area contributed by atoms with Crippen molar-refractivity contribution in [1.82, 2.24) is 15.0 Å². The molecule has 0 bridgehead atoms. The van der Waals surface area contributed by atoms with Crippen molar-refractivity contribution in [2.75, 3.05) is 17.2 Å². The maximum Gasteiger partial charge on any atom is 0.262 e. The fraction of sp³-hybridized carbons (Fsp3) is 0.370. The largest absolute Gasteiger partial charge is 0.399 e. The zero-order valence-electron chi connectivity index (χ0n) is 21.5. The van der Waals surface area contributed by atoms with Crippen molar-refractivity contribution in [2.45, 2.75) is 51.6 Å². The maximum absolute atomic E-state index is 13.7. The van der Waals surface area contributed by atoms with Crippen molar-refractivity contribution >= 4 is 34.0 Å². The van der Waals surface area contributed by atoms with Gasteiger partial charge in [-0.05, 0) is 55.0 Å². The lowest BCUT2D eigenvalue weighted by molar-refractivity contribution is 0.0305. The Kier molecular flexibility index (Phi) is 7.90. The van der Waals surface area contributed by atoms with E-state index in [4.69, 9.17) is 23.2 Å². The summed E-state index contributed by atoms with van der Waals surface area (Å²) in [4.78, 5) is 8.72. The highest BCUT2D eigenvalue weighted by molar-refractivity contribution is 6.35. The Labute approximate surface area is 225 Å². The van der Waals surface area contributed by atoms with Crippen LogP contribution in [-0.4, -0.2) is 33.5 Å². The number of rotatable bonds is 10. The van der Waals surface area contributed by atoms with E-state index in [1.807, 2.05) is 19.1 Å². The number of benzene rings is 2. The molecular weight excluding hydrogens is 510 g/mol. The van der Waals surface area contributed by atoms with Gasteiger partial charge in [-0.25, -0.2) is 24.6 Å². The Morgan fingerprint density at radius 2 is 2.03 bits per heavy atom. The molecule has 0 aliphatic heterocycles. The Morgan fingerprint density at radius 1 is 1.29 bits per heavy atom. The molecule has 0 amide bonds. The quantitative estimate of drug-likeness (QED) is 0.197. The lowest BCUT2D eigenvalue weighted by atomic mass is 9.95. The number of hydrogen-bond acceptors (Lipinski definition) is 8. The number of hydrazine groups is 1. The SMILES string of the molecule is Cc1c(C#N)cccc1C(Nc1cc(Cl)c2ncnc(NCC(C)C)c2c1)/C(N)=C/N(N)C1(C(F)F)CC1. The number of aromatic nitrogens is 2. The second-order valence-electron chi connectivity index (χ2n) is 10.0. The van der Waals surface area contributed by atoms with E-state index >= 15 is 0 Å². The number of anilines is 2. The maximum atomic E-state index is 13.7. The van der Waals surface area contributed by atoms with E-state index in [2.05, 4.69) is 40.5 Å². The Morgan fingerprint density at radius 3 is 2.66 bits per heavy atom. The van der Waals surface area contributed by atoms with Gasteiger partial charge in [0.15, 0.2) is 0 Å². The molecule has 6 N–H and O–H groups in total. The highest BCUT2D eigenvalue weighted by atomic mass is 35.5. The minimum atomic E-state index is -2.61. The molecule has 1 heterocycles. The van der Waals surface area contributed by atoms with Gasteiger partial charge in [-0.2, -0.15) is 5.26 Å². The first-order chi connectivity index (χ1) is 18.1. The Balaban J connectivity index is 1.78. The van der Waals surface area contributed by atoms with E-state index in [1.54, 1.807) is 18.2 Å². The van der Waals surface area contributed by atoms with Crippen LogP contribution in [0.1, 0.15) is 49.4 Å². The topological polar surface area (TPSA) is 129 Å². The predicted molar refractivity (Wildman–Crippen MR) is 146 cm³/mol. The summed E-state index contributed by atoms with van der Waals surface area (Å²) in [5, 5.41) is 18.4. The monoisotopic (exact) mass is 540 g/mol. The second kappa shape index (κ2) is 11.0. The van der Waals surface area contributed by atoms with Crippen molar-refractivity contribution in [3.05, 3.63) is 70.3 Å². The molecule has 1 fully saturated rings. The molecule has 38 heavy (non-hydrogen) atoms. The first-order valence-electron chi connectivity index (χ1n) is 12.3. The molecule has 2 aromatic carbocycles. The van der Waals surface area contributed by atoms with E-state index < -0.39 is 18.0 Å². The highest BCUT2D eigenvalue weighted by Crippen LogP contribution is 2.46. The average Bonchev–Trinajstić information content (AvgIpc) is 3.69. The van der Waals surface area contributed by atoms with Gasteiger partial charge in [-0.3, -0.25) is 0 Å². The third-order valence-electron chi connectivity index (χ3n) is 6.79. The minimum Gasteiger partial charge on any atom is -0.399 e. The van der Waals surface area contributed by atoms with Crippen molar-refractivity contribution in [3.8, 4) is 6.07 Å². The van der Waals surface area contributed by atoms with E-state index in [-0.39, 0.29) is 18.5 Å². The number of halogens is 3. The predicted octanol–water partition coefficient (Wildman–Crippen LogP) is 5.46. The molecule has 4 rings (SSSR count). The van der Waals surface area contributed by atoms with Crippen LogP contribution in [0.4, 0.5) is 20.3 Å². The van der Waals surface area contributed by atoms with Crippen LogP contribution in [-0.2, 0) is 0 Å². The van der Waals surface area contributed by atoms with Crippen LogP contribution in [0.25, 0.3) is 10.9 Å². The summed E-state index contributed by atoms with van der Waals surface area (Å²) in [5.74, 6) is 7.10. The fourth-order valence-electron chi connectivity index (χ4n) is 4.33. The van der Waals surface area contributed by atoms with E-state index in [1.165, 1.54) is 12.5 Å². The smallest absolute Gasteiger partial charge is 0.262 e. The summed E-state index contributed by atoms with van der Waals surface area (Å²) >= 11 is 6.61. The Hall–Kier alpha value is -3.68. The van der Waals surface area contributed by atoms with Crippen LogP contribution in [0, 0.1) is 24.2 Å².